The minimum absolute atomic E-state index is 0.126. The van der Waals surface area contributed by atoms with E-state index in [0.717, 1.165) is 11.4 Å². The maximum atomic E-state index is 4.39. The maximum absolute atomic E-state index is 4.39. The number of pyridine rings is 1. The zero-order valence-corrected chi connectivity index (χ0v) is 10.9. The maximum Gasteiger partial charge on any atom is 0.0872 e. The van der Waals surface area contributed by atoms with Crippen molar-refractivity contribution < 1.29 is 0 Å². The quantitative estimate of drug-likeness (QED) is 0.795. The smallest absolute Gasteiger partial charge is 0.0872 e. The summed E-state index contributed by atoms with van der Waals surface area (Å²) in [5.74, 6) is 0.317. The van der Waals surface area contributed by atoms with Crippen LogP contribution in [0.25, 0.3) is 0 Å². The van der Waals surface area contributed by atoms with Gasteiger partial charge in [-0.2, -0.15) is 0 Å². The molecular weight excluding hydrogens is 222 g/mol. The van der Waals surface area contributed by atoms with Crippen LogP contribution in [0.4, 0.5) is 0 Å². The van der Waals surface area contributed by atoms with Crippen LogP contribution in [0.15, 0.2) is 60.6 Å². The molecule has 0 saturated heterocycles. The molecule has 0 amide bonds. The van der Waals surface area contributed by atoms with Crippen LogP contribution in [0.2, 0.25) is 0 Å². The van der Waals surface area contributed by atoms with Crippen molar-refractivity contribution in [3.8, 4) is 0 Å². The first-order chi connectivity index (χ1) is 8.76. The largest absolute Gasteiger partial charge is 0.387 e. The van der Waals surface area contributed by atoms with Crippen molar-refractivity contribution in [2.45, 2.75) is 13.0 Å². The molecule has 3 heteroatoms. The Kier molecular flexibility index (Phi) is 3.82. The van der Waals surface area contributed by atoms with Gasteiger partial charge in [0.25, 0.3) is 0 Å². The zero-order chi connectivity index (χ0) is 13.0. The number of nitrogens with zero attached hydrogens (tertiary/aromatic N) is 1. The van der Waals surface area contributed by atoms with Gasteiger partial charge < -0.3 is 10.6 Å². The molecule has 2 unspecified atom stereocenters. The Balaban J connectivity index is 2.30. The molecule has 18 heavy (non-hydrogen) atoms. The summed E-state index contributed by atoms with van der Waals surface area (Å²) in [7, 11) is 1.93. The van der Waals surface area contributed by atoms with Crippen LogP contribution in [-0.4, -0.2) is 12.0 Å². The third-order valence-electron chi connectivity index (χ3n) is 3.18. The number of hydrogen-bond donors (Lipinski definition) is 2. The molecular formula is C15H19N3. The Morgan fingerprint density at radius 1 is 1.50 bits per heavy atom. The minimum atomic E-state index is 0.126. The van der Waals surface area contributed by atoms with Crippen LogP contribution in [0.1, 0.15) is 18.7 Å². The van der Waals surface area contributed by atoms with Gasteiger partial charge in [-0.25, -0.2) is 0 Å². The zero-order valence-electron chi connectivity index (χ0n) is 10.9. The molecule has 94 valence electrons. The van der Waals surface area contributed by atoms with E-state index >= 15 is 0 Å². The molecule has 0 bridgehead atoms. The predicted octanol–water partition coefficient (Wildman–Crippen LogP) is 2.54. The van der Waals surface area contributed by atoms with E-state index in [1.54, 1.807) is 0 Å². The summed E-state index contributed by atoms with van der Waals surface area (Å²) in [5.41, 5.74) is 3.38. The van der Waals surface area contributed by atoms with Crippen molar-refractivity contribution in [1.29, 1.82) is 0 Å². The van der Waals surface area contributed by atoms with E-state index in [4.69, 9.17) is 0 Å². The van der Waals surface area contributed by atoms with Gasteiger partial charge in [-0.1, -0.05) is 25.1 Å². The summed E-state index contributed by atoms with van der Waals surface area (Å²) in [4.78, 5) is 4.39. The molecule has 0 fully saturated rings. The minimum Gasteiger partial charge on any atom is -0.387 e. The molecule has 1 aliphatic rings. The average molecular weight is 241 g/mol. The van der Waals surface area contributed by atoms with Crippen LogP contribution in [0, 0.1) is 5.92 Å². The Morgan fingerprint density at radius 2 is 2.33 bits per heavy atom. The molecule has 0 aromatic carbocycles. The lowest BCUT2D eigenvalue weighted by molar-refractivity contribution is 0.671. The van der Waals surface area contributed by atoms with Crippen molar-refractivity contribution in [3.63, 3.8) is 0 Å². The van der Waals surface area contributed by atoms with E-state index in [2.05, 4.69) is 35.2 Å². The summed E-state index contributed by atoms with van der Waals surface area (Å²) < 4.78 is 0. The number of nitrogens with one attached hydrogen (secondary N) is 2. The molecule has 2 atom stereocenters. The number of allylic oxidation sites excluding steroid dienone is 2. The molecule has 0 radical (unpaired) electrons. The molecule has 1 aromatic heterocycles. The fraction of sp³-hybridized carbons (Fsp3) is 0.267. The Bertz CT molecular complexity index is 474. The SMILES string of the molecule is C=CC(C)C1=CC(c2ccccn2)NC=C1NC. The fourth-order valence-corrected chi connectivity index (χ4v) is 2.05. The van der Waals surface area contributed by atoms with Gasteiger partial charge in [-0.15, -0.1) is 6.58 Å². The van der Waals surface area contributed by atoms with E-state index in [0.29, 0.717) is 5.92 Å². The number of likely N-dealkylation sites (N-methyl/N-ethyl adjacent to an activating group) is 1. The predicted molar refractivity (Wildman–Crippen MR) is 74.7 cm³/mol. The number of hydrogen-bond acceptors (Lipinski definition) is 3. The highest BCUT2D eigenvalue weighted by molar-refractivity contribution is 5.38. The van der Waals surface area contributed by atoms with Gasteiger partial charge in [0.15, 0.2) is 0 Å². The van der Waals surface area contributed by atoms with Crippen LogP contribution < -0.4 is 10.6 Å². The van der Waals surface area contributed by atoms with Crippen LogP contribution in [0.5, 0.6) is 0 Å². The highest BCUT2D eigenvalue weighted by Gasteiger charge is 2.19. The summed E-state index contributed by atoms with van der Waals surface area (Å²) >= 11 is 0. The molecule has 2 N–H and O–H groups in total. The van der Waals surface area contributed by atoms with Gasteiger partial charge >= 0.3 is 0 Å². The van der Waals surface area contributed by atoms with Gasteiger partial charge in [0.1, 0.15) is 0 Å². The third-order valence-corrected chi connectivity index (χ3v) is 3.18. The van der Waals surface area contributed by atoms with Gasteiger partial charge in [0, 0.05) is 25.4 Å². The molecule has 3 nitrogen and oxygen atoms in total. The van der Waals surface area contributed by atoms with Crippen molar-refractivity contribution in [2.75, 3.05) is 7.05 Å². The van der Waals surface area contributed by atoms with Gasteiger partial charge in [0.05, 0.1) is 17.4 Å². The lowest BCUT2D eigenvalue weighted by atomic mass is 9.93. The third kappa shape index (κ3) is 2.45. The summed E-state index contributed by atoms with van der Waals surface area (Å²) in [6, 6.07) is 6.09. The first-order valence-corrected chi connectivity index (χ1v) is 6.15. The highest BCUT2D eigenvalue weighted by atomic mass is 15.0. The lowest BCUT2D eigenvalue weighted by Crippen LogP contribution is -2.25. The summed E-state index contributed by atoms with van der Waals surface area (Å²) in [6.07, 6.45) is 7.99. The second-order valence-corrected chi connectivity index (χ2v) is 4.35. The van der Waals surface area contributed by atoms with Crippen molar-refractivity contribution in [3.05, 3.63) is 66.3 Å². The van der Waals surface area contributed by atoms with E-state index in [1.807, 2.05) is 43.7 Å². The molecule has 0 saturated carbocycles. The topological polar surface area (TPSA) is 37.0 Å². The molecule has 0 spiro atoms. The lowest BCUT2D eigenvalue weighted by Gasteiger charge is -2.25. The second-order valence-electron chi connectivity index (χ2n) is 4.35. The summed E-state index contributed by atoms with van der Waals surface area (Å²) in [5, 5.41) is 6.55. The number of dihydropyridines is 1. The van der Waals surface area contributed by atoms with Gasteiger partial charge in [0.2, 0.25) is 0 Å². The van der Waals surface area contributed by atoms with Gasteiger partial charge in [-0.05, 0) is 17.7 Å². The molecule has 1 aliphatic heterocycles. The molecule has 1 aromatic rings. The number of aromatic nitrogens is 1. The normalized spacial score (nSPS) is 20.2. The Morgan fingerprint density at radius 3 is 2.94 bits per heavy atom. The Hall–Kier alpha value is -2.03. The monoisotopic (exact) mass is 241 g/mol. The summed E-state index contributed by atoms with van der Waals surface area (Å²) in [6.45, 7) is 6.01. The average Bonchev–Trinajstić information content (AvgIpc) is 2.46. The van der Waals surface area contributed by atoms with Crippen LogP contribution >= 0.6 is 0 Å². The van der Waals surface area contributed by atoms with Crippen LogP contribution in [-0.2, 0) is 0 Å². The molecule has 2 rings (SSSR count). The van der Waals surface area contributed by atoms with Crippen molar-refractivity contribution in [1.82, 2.24) is 15.6 Å². The van der Waals surface area contributed by atoms with Crippen molar-refractivity contribution >= 4 is 0 Å². The van der Waals surface area contributed by atoms with E-state index in [-0.39, 0.29) is 6.04 Å². The molecule has 2 heterocycles. The second kappa shape index (κ2) is 5.54. The van der Waals surface area contributed by atoms with E-state index < -0.39 is 0 Å². The highest BCUT2D eigenvalue weighted by Crippen LogP contribution is 2.26. The first kappa shape index (κ1) is 12.4. The standard InChI is InChI=1S/C15H19N3/c1-4-11(2)12-9-14(18-10-15(12)16-3)13-7-5-6-8-17-13/h4-11,14,16,18H,1H2,2-3H3. The fourth-order valence-electron chi connectivity index (χ4n) is 2.05. The van der Waals surface area contributed by atoms with E-state index in [1.165, 1.54) is 5.57 Å². The van der Waals surface area contributed by atoms with E-state index in [9.17, 15) is 0 Å². The van der Waals surface area contributed by atoms with Gasteiger partial charge in [-0.3, -0.25) is 4.98 Å². The molecule has 0 aliphatic carbocycles. The van der Waals surface area contributed by atoms with Crippen molar-refractivity contribution in [2.24, 2.45) is 5.92 Å². The number of rotatable bonds is 4. The van der Waals surface area contributed by atoms with Crippen LogP contribution in [0.3, 0.4) is 0 Å². The first-order valence-electron chi connectivity index (χ1n) is 6.15. The Labute approximate surface area is 108 Å².